The van der Waals surface area contributed by atoms with Crippen molar-refractivity contribution >= 4 is 10.0 Å². The number of aromatic nitrogens is 4. The minimum absolute atomic E-state index is 0.114. The van der Waals surface area contributed by atoms with Gasteiger partial charge in [-0.2, -0.15) is 4.31 Å². The fourth-order valence-corrected chi connectivity index (χ4v) is 1.38. The second-order valence-corrected chi connectivity index (χ2v) is 5.74. The number of hydrogen-bond donors (Lipinski definition) is 0. The highest BCUT2D eigenvalue weighted by Crippen LogP contribution is 2.07. The van der Waals surface area contributed by atoms with Crippen molar-refractivity contribution in [1.29, 1.82) is 0 Å². The first-order chi connectivity index (χ1) is 6.82. The third kappa shape index (κ3) is 2.96. The van der Waals surface area contributed by atoms with Crippen LogP contribution in [-0.2, 0) is 16.6 Å². The fourth-order valence-electron chi connectivity index (χ4n) is 1.03. The summed E-state index contributed by atoms with van der Waals surface area (Å²) in [6.45, 7) is 4.05. The molecule has 0 saturated heterocycles. The first-order valence-corrected chi connectivity index (χ1v) is 6.35. The number of sulfonamides is 1. The van der Waals surface area contributed by atoms with Crippen LogP contribution < -0.4 is 0 Å². The van der Waals surface area contributed by atoms with Gasteiger partial charge in [-0.1, -0.05) is 0 Å². The third-order valence-electron chi connectivity index (χ3n) is 1.98. The van der Waals surface area contributed by atoms with Crippen LogP contribution in [0, 0.1) is 0 Å². The molecule has 0 aliphatic rings. The average molecular weight is 233 g/mol. The highest BCUT2D eigenvalue weighted by molar-refractivity contribution is 7.88. The van der Waals surface area contributed by atoms with Crippen molar-refractivity contribution in [3.05, 3.63) is 5.82 Å². The van der Waals surface area contributed by atoms with Crippen molar-refractivity contribution in [2.45, 2.75) is 26.4 Å². The highest BCUT2D eigenvalue weighted by atomic mass is 32.2. The second-order valence-electron chi connectivity index (χ2n) is 3.65. The van der Waals surface area contributed by atoms with Crippen LogP contribution >= 0.6 is 0 Å². The molecular weight excluding hydrogens is 218 g/mol. The van der Waals surface area contributed by atoms with E-state index in [1.807, 2.05) is 13.8 Å². The molecule has 0 aromatic carbocycles. The van der Waals surface area contributed by atoms with Gasteiger partial charge in [0.05, 0.1) is 18.8 Å². The van der Waals surface area contributed by atoms with E-state index >= 15 is 0 Å². The Morgan fingerprint density at radius 3 is 2.53 bits per heavy atom. The molecule has 0 bridgehead atoms. The van der Waals surface area contributed by atoms with Gasteiger partial charge in [0.1, 0.15) is 0 Å². The lowest BCUT2D eigenvalue weighted by molar-refractivity contribution is 0.425. The summed E-state index contributed by atoms with van der Waals surface area (Å²) in [4.78, 5) is 0. The summed E-state index contributed by atoms with van der Waals surface area (Å²) in [5, 5.41) is 11.1. The maximum absolute atomic E-state index is 11.2. The van der Waals surface area contributed by atoms with Gasteiger partial charge >= 0.3 is 0 Å². The molecule has 1 aromatic rings. The zero-order valence-electron chi connectivity index (χ0n) is 9.25. The molecule has 0 aliphatic heterocycles. The normalized spacial score (nSPS) is 12.7. The van der Waals surface area contributed by atoms with E-state index in [1.165, 1.54) is 11.4 Å². The molecule has 0 saturated carbocycles. The van der Waals surface area contributed by atoms with Gasteiger partial charge in [-0.3, -0.25) is 0 Å². The van der Waals surface area contributed by atoms with Gasteiger partial charge in [-0.05, 0) is 24.3 Å². The molecule has 0 unspecified atom stereocenters. The molecule has 0 fully saturated rings. The van der Waals surface area contributed by atoms with Crippen molar-refractivity contribution in [2.24, 2.45) is 0 Å². The molecule has 0 aliphatic carbocycles. The number of hydrogen-bond acceptors (Lipinski definition) is 5. The van der Waals surface area contributed by atoms with E-state index in [1.54, 1.807) is 4.68 Å². The van der Waals surface area contributed by atoms with Crippen LogP contribution in [-0.4, -0.2) is 46.2 Å². The molecule has 0 N–H and O–H groups in total. The van der Waals surface area contributed by atoms with Gasteiger partial charge in [-0.15, -0.1) is 5.10 Å². The van der Waals surface area contributed by atoms with Gasteiger partial charge in [0.15, 0.2) is 5.82 Å². The second kappa shape index (κ2) is 4.23. The largest absolute Gasteiger partial charge is 0.226 e. The quantitative estimate of drug-likeness (QED) is 0.709. The molecule has 7 nitrogen and oxygen atoms in total. The number of tetrazole rings is 1. The van der Waals surface area contributed by atoms with E-state index in [-0.39, 0.29) is 12.6 Å². The summed E-state index contributed by atoms with van der Waals surface area (Å²) in [6.07, 6.45) is 1.15. The summed E-state index contributed by atoms with van der Waals surface area (Å²) in [6, 6.07) is 0.114. The first-order valence-electron chi connectivity index (χ1n) is 4.50. The lowest BCUT2D eigenvalue weighted by Crippen LogP contribution is -2.27. The smallest absolute Gasteiger partial charge is 0.211 e. The Morgan fingerprint density at radius 1 is 1.47 bits per heavy atom. The van der Waals surface area contributed by atoms with Gasteiger partial charge in [0, 0.05) is 7.05 Å². The summed E-state index contributed by atoms with van der Waals surface area (Å²) in [5.74, 6) is 0.540. The lowest BCUT2D eigenvalue weighted by atomic mass is 10.4. The van der Waals surface area contributed by atoms with E-state index in [0.29, 0.717) is 5.82 Å². The van der Waals surface area contributed by atoms with Crippen LogP contribution in [0.4, 0.5) is 0 Å². The molecular formula is C7H15N5O2S. The van der Waals surface area contributed by atoms with Crippen molar-refractivity contribution in [3.63, 3.8) is 0 Å². The maximum atomic E-state index is 11.2. The van der Waals surface area contributed by atoms with E-state index in [9.17, 15) is 8.42 Å². The predicted molar refractivity (Wildman–Crippen MR) is 54.5 cm³/mol. The third-order valence-corrected chi connectivity index (χ3v) is 3.24. The molecule has 0 amide bonds. The predicted octanol–water partition coefficient (Wildman–Crippen LogP) is -0.355. The Labute approximate surface area is 89.1 Å². The topological polar surface area (TPSA) is 81.0 Å². The van der Waals surface area contributed by atoms with E-state index in [4.69, 9.17) is 0 Å². The highest BCUT2D eigenvalue weighted by Gasteiger charge is 2.16. The monoisotopic (exact) mass is 233 g/mol. The molecule has 1 rings (SSSR count). The lowest BCUT2D eigenvalue weighted by Gasteiger charge is -2.14. The molecule has 0 spiro atoms. The summed E-state index contributed by atoms with van der Waals surface area (Å²) >= 11 is 0. The van der Waals surface area contributed by atoms with Crippen LogP contribution in [0.25, 0.3) is 0 Å². The van der Waals surface area contributed by atoms with Gasteiger partial charge in [0.2, 0.25) is 10.0 Å². The van der Waals surface area contributed by atoms with Crippen LogP contribution in [0.2, 0.25) is 0 Å². The summed E-state index contributed by atoms with van der Waals surface area (Å²) < 4.78 is 25.2. The van der Waals surface area contributed by atoms with Crippen molar-refractivity contribution in [1.82, 2.24) is 24.5 Å². The Kier molecular flexibility index (Phi) is 3.40. The van der Waals surface area contributed by atoms with Gasteiger partial charge in [0.25, 0.3) is 0 Å². The minimum atomic E-state index is -3.20. The standard InChI is InChI=1S/C7H15N5O2S/c1-6(2)12-7(8-9-10-12)5-11(3)15(4,13)14/h6H,5H2,1-4H3. The van der Waals surface area contributed by atoms with E-state index in [0.717, 1.165) is 6.26 Å². The number of nitrogens with zero attached hydrogens (tertiary/aromatic N) is 5. The molecule has 0 atom stereocenters. The SMILES string of the molecule is CC(C)n1nnnc1CN(C)S(C)(=O)=O. The maximum Gasteiger partial charge on any atom is 0.211 e. The fraction of sp³-hybridized carbons (Fsp3) is 0.857. The van der Waals surface area contributed by atoms with Crippen LogP contribution in [0.1, 0.15) is 25.7 Å². The average Bonchev–Trinajstić information content (AvgIpc) is 2.50. The molecule has 8 heteroatoms. The molecule has 0 radical (unpaired) electrons. The van der Waals surface area contributed by atoms with E-state index < -0.39 is 10.0 Å². The first kappa shape index (κ1) is 12.1. The van der Waals surface area contributed by atoms with E-state index in [2.05, 4.69) is 15.5 Å². The van der Waals surface area contributed by atoms with Crippen molar-refractivity contribution in [2.75, 3.05) is 13.3 Å². The Bertz CT molecular complexity index is 424. The number of rotatable bonds is 4. The van der Waals surface area contributed by atoms with Crippen molar-refractivity contribution < 1.29 is 8.42 Å². The summed E-state index contributed by atoms with van der Waals surface area (Å²) in [5.41, 5.74) is 0. The van der Waals surface area contributed by atoms with Crippen LogP contribution in [0.3, 0.4) is 0 Å². The van der Waals surface area contributed by atoms with Gasteiger partial charge < -0.3 is 0 Å². The van der Waals surface area contributed by atoms with Crippen LogP contribution in [0.5, 0.6) is 0 Å². The Hall–Kier alpha value is -1.02. The van der Waals surface area contributed by atoms with Gasteiger partial charge in [-0.25, -0.2) is 13.1 Å². The molecule has 15 heavy (non-hydrogen) atoms. The summed E-state index contributed by atoms with van der Waals surface area (Å²) in [7, 11) is -1.70. The molecule has 1 heterocycles. The Morgan fingerprint density at radius 2 is 2.07 bits per heavy atom. The Balaban J connectivity index is 2.86. The zero-order chi connectivity index (χ0) is 11.6. The minimum Gasteiger partial charge on any atom is -0.226 e. The molecule has 1 aromatic heterocycles. The van der Waals surface area contributed by atoms with Crippen LogP contribution in [0.15, 0.2) is 0 Å². The van der Waals surface area contributed by atoms with Crippen molar-refractivity contribution in [3.8, 4) is 0 Å². The molecule has 86 valence electrons. The zero-order valence-corrected chi connectivity index (χ0v) is 10.1.